The lowest BCUT2D eigenvalue weighted by molar-refractivity contribution is 0.298. The second kappa shape index (κ2) is 4.77. The summed E-state index contributed by atoms with van der Waals surface area (Å²) in [6.07, 6.45) is 5.92. The molecule has 2 N–H and O–H groups in total. The Labute approximate surface area is 103 Å². The van der Waals surface area contributed by atoms with Crippen molar-refractivity contribution in [3.05, 3.63) is 34.6 Å². The Hall–Kier alpha value is -0.890. The summed E-state index contributed by atoms with van der Waals surface area (Å²) < 4.78 is 13.8. The van der Waals surface area contributed by atoms with Crippen LogP contribution >= 0.6 is 0 Å². The van der Waals surface area contributed by atoms with Gasteiger partial charge in [-0.15, -0.1) is 0 Å². The van der Waals surface area contributed by atoms with Crippen molar-refractivity contribution in [2.45, 2.75) is 51.4 Å². The van der Waals surface area contributed by atoms with Crippen molar-refractivity contribution in [1.29, 1.82) is 0 Å². The van der Waals surface area contributed by atoms with Crippen LogP contribution in [0.15, 0.2) is 12.1 Å². The number of rotatable bonds is 2. The van der Waals surface area contributed by atoms with Crippen LogP contribution < -0.4 is 5.73 Å². The summed E-state index contributed by atoms with van der Waals surface area (Å²) >= 11 is 0. The third-order valence-electron chi connectivity index (χ3n) is 4.28. The second-order valence-corrected chi connectivity index (χ2v) is 5.46. The molecule has 94 valence electrons. The molecular weight excluding hydrogens is 213 g/mol. The molecule has 0 aliphatic heterocycles. The molecule has 0 bridgehead atoms. The summed E-state index contributed by atoms with van der Waals surface area (Å²) in [5.74, 6) is -0.0935. The average molecular weight is 235 g/mol. The van der Waals surface area contributed by atoms with Crippen LogP contribution in [-0.2, 0) is 5.41 Å². The van der Waals surface area contributed by atoms with Crippen LogP contribution in [0.4, 0.5) is 4.39 Å². The van der Waals surface area contributed by atoms with Gasteiger partial charge in [0.05, 0.1) is 0 Å². The highest BCUT2D eigenvalue weighted by atomic mass is 19.1. The van der Waals surface area contributed by atoms with Crippen LogP contribution in [0.25, 0.3) is 0 Å². The smallest absolute Gasteiger partial charge is 0.126 e. The van der Waals surface area contributed by atoms with Gasteiger partial charge in [-0.25, -0.2) is 4.39 Å². The summed E-state index contributed by atoms with van der Waals surface area (Å²) in [7, 11) is 0. The van der Waals surface area contributed by atoms with E-state index >= 15 is 0 Å². The largest absolute Gasteiger partial charge is 0.330 e. The molecule has 17 heavy (non-hydrogen) atoms. The van der Waals surface area contributed by atoms with E-state index in [4.69, 9.17) is 5.73 Å². The van der Waals surface area contributed by atoms with Crippen molar-refractivity contribution in [1.82, 2.24) is 0 Å². The number of hydrogen-bond donors (Lipinski definition) is 1. The van der Waals surface area contributed by atoms with Crippen molar-refractivity contribution >= 4 is 0 Å². The maximum Gasteiger partial charge on any atom is 0.126 e. The van der Waals surface area contributed by atoms with Gasteiger partial charge in [0, 0.05) is 12.0 Å². The van der Waals surface area contributed by atoms with E-state index in [9.17, 15) is 4.39 Å². The zero-order valence-corrected chi connectivity index (χ0v) is 10.9. The van der Waals surface area contributed by atoms with Crippen LogP contribution in [0.3, 0.4) is 0 Å². The maximum absolute atomic E-state index is 13.8. The number of hydrogen-bond acceptors (Lipinski definition) is 1. The Morgan fingerprint density at radius 3 is 2.35 bits per heavy atom. The van der Waals surface area contributed by atoms with Crippen molar-refractivity contribution in [2.24, 2.45) is 5.73 Å². The number of nitrogens with two attached hydrogens (primary N) is 1. The predicted octanol–water partition coefficient (Wildman–Crippen LogP) is 3.60. The summed E-state index contributed by atoms with van der Waals surface area (Å²) in [5.41, 5.74) is 9.09. The Bertz CT molecular complexity index is 406. The van der Waals surface area contributed by atoms with Gasteiger partial charge in [-0.3, -0.25) is 0 Å². The monoisotopic (exact) mass is 235 g/mol. The molecule has 0 unspecified atom stereocenters. The molecule has 1 saturated carbocycles. The van der Waals surface area contributed by atoms with Gasteiger partial charge in [-0.2, -0.15) is 0 Å². The first-order chi connectivity index (χ1) is 8.09. The Morgan fingerprint density at radius 2 is 1.76 bits per heavy atom. The fourth-order valence-electron chi connectivity index (χ4n) is 3.21. The molecule has 0 heterocycles. The maximum atomic E-state index is 13.8. The highest BCUT2D eigenvalue weighted by Gasteiger charge is 2.34. The van der Waals surface area contributed by atoms with Crippen molar-refractivity contribution in [2.75, 3.05) is 6.54 Å². The molecule has 0 atom stereocenters. The van der Waals surface area contributed by atoms with Crippen molar-refractivity contribution in [3.8, 4) is 0 Å². The first kappa shape index (κ1) is 12.6. The molecule has 2 heteroatoms. The normalized spacial score (nSPS) is 19.3. The van der Waals surface area contributed by atoms with Gasteiger partial charge in [-0.05, 0) is 49.4 Å². The van der Waals surface area contributed by atoms with Crippen LogP contribution in [0.5, 0.6) is 0 Å². The van der Waals surface area contributed by atoms with E-state index in [0.717, 1.165) is 24.0 Å². The summed E-state index contributed by atoms with van der Waals surface area (Å²) in [6, 6.07) is 3.68. The van der Waals surface area contributed by atoms with E-state index in [1.54, 1.807) is 6.07 Å². The first-order valence-corrected chi connectivity index (χ1v) is 6.56. The van der Waals surface area contributed by atoms with Gasteiger partial charge >= 0.3 is 0 Å². The lowest BCUT2D eigenvalue weighted by Crippen LogP contribution is -2.37. The second-order valence-electron chi connectivity index (χ2n) is 5.46. The molecule has 1 aromatic carbocycles. The van der Waals surface area contributed by atoms with Gasteiger partial charge in [0.25, 0.3) is 0 Å². The van der Waals surface area contributed by atoms with E-state index in [2.05, 4.69) is 6.92 Å². The van der Waals surface area contributed by atoms with E-state index in [0.29, 0.717) is 6.54 Å². The first-order valence-electron chi connectivity index (χ1n) is 6.56. The van der Waals surface area contributed by atoms with Gasteiger partial charge in [0.15, 0.2) is 0 Å². The highest BCUT2D eigenvalue weighted by Crippen LogP contribution is 2.40. The van der Waals surface area contributed by atoms with Crippen LogP contribution in [0, 0.1) is 19.7 Å². The lowest BCUT2D eigenvalue weighted by Gasteiger charge is -2.38. The minimum atomic E-state index is -0.0935. The zero-order valence-electron chi connectivity index (χ0n) is 10.9. The molecule has 0 saturated heterocycles. The Kier molecular flexibility index (Phi) is 3.53. The van der Waals surface area contributed by atoms with Gasteiger partial charge in [0.1, 0.15) is 5.82 Å². The number of aryl methyl sites for hydroxylation is 2. The van der Waals surface area contributed by atoms with Crippen LogP contribution in [-0.4, -0.2) is 6.54 Å². The minimum absolute atomic E-state index is 0.0247. The van der Waals surface area contributed by atoms with Crippen LogP contribution in [0.1, 0.15) is 48.8 Å². The molecule has 0 spiro atoms. The molecular formula is C15H22FN. The average Bonchev–Trinajstić information content (AvgIpc) is 2.34. The molecule has 1 fully saturated rings. The SMILES string of the molecule is Cc1cc(C)c(C2(CN)CCCCC2)cc1F. The summed E-state index contributed by atoms with van der Waals surface area (Å²) in [6.45, 7) is 4.53. The standard InChI is InChI=1S/C15H22FN/c1-11-8-12(2)14(16)9-13(11)15(10-17)6-4-3-5-7-15/h8-9H,3-7,10,17H2,1-2H3. The van der Waals surface area contributed by atoms with Crippen molar-refractivity contribution in [3.63, 3.8) is 0 Å². The fourth-order valence-corrected chi connectivity index (χ4v) is 3.21. The molecule has 1 nitrogen and oxygen atoms in total. The third-order valence-corrected chi connectivity index (χ3v) is 4.28. The number of halogens is 1. The molecule has 0 aromatic heterocycles. The van der Waals surface area contributed by atoms with E-state index < -0.39 is 0 Å². The highest BCUT2D eigenvalue weighted by molar-refractivity contribution is 5.38. The number of benzene rings is 1. The topological polar surface area (TPSA) is 26.0 Å². The molecule has 1 aliphatic carbocycles. The summed E-state index contributed by atoms with van der Waals surface area (Å²) in [4.78, 5) is 0. The molecule has 1 aliphatic rings. The molecule has 2 rings (SSSR count). The van der Waals surface area contributed by atoms with Gasteiger partial charge in [-0.1, -0.05) is 25.3 Å². The molecule has 0 radical (unpaired) electrons. The fraction of sp³-hybridized carbons (Fsp3) is 0.600. The Morgan fingerprint density at radius 1 is 1.12 bits per heavy atom. The van der Waals surface area contributed by atoms with Gasteiger partial charge in [0.2, 0.25) is 0 Å². The molecule has 1 aromatic rings. The Balaban J connectivity index is 2.46. The predicted molar refractivity (Wildman–Crippen MR) is 69.7 cm³/mol. The summed E-state index contributed by atoms with van der Waals surface area (Å²) in [5, 5.41) is 0. The van der Waals surface area contributed by atoms with E-state index in [1.807, 2.05) is 13.0 Å². The van der Waals surface area contributed by atoms with E-state index in [-0.39, 0.29) is 11.2 Å². The van der Waals surface area contributed by atoms with Crippen molar-refractivity contribution < 1.29 is 4.39 Å². The minimum Gasteiger partial charge on any atom is -0.330 e. The molecule has 0 amide bonds. The third kappa shape index (κ3) is 2.23. The van der Waals surface area contributed by atoms with Crippen LogP contribution in [0.2, 0.25) is 0 Å². The lowest BCUT2D eigenvalue weighted by atomic mass is 9.68. The van der Waals surface area contributed by atoms with E-state index in [1.165, 1.54) is 24.8 Å². The van der Waals surface area contributed by atoms with Gasteiger partial charge < -0.3 is 5.73 Å². The quantitative estimate of drug-likeness (QED) is 0.832. The zero-order chi connectivity index (χ0) is 12.5.